The van der Waals surface area contributed by atoms with Crippen molar-refractivity contribution in [3.8, 4) is 5.75 Å². The van der Waals surface area contributed by atoms with Crippen molar-refractivity contribution in [2.45, 2.75) is 95.0 Å². The van der Waals surface area contributed by atoms with Gasteiger partial charge < -0.3 is 19.5 Å². The quantitative estimate of drug-likeness (QED) is 0.344. The summed E-state index contributed by atoms with van der Waals surface area (Å²) in [5.41, 5.74) is 2.57. The molecule has 0 unspecified atom stereocenters. The van der Waals surface area contributed by atoms with E-state index in [4.69, 9.17) is 21.1 Å². The molecule has 1 saturated carbocycles. The number of nitrogens with one attached hydrogen (secondary N) is 1. The van der Waals surface area contributed by atoms with E-state index in [-0.39, 0.29) is 34.7 Å². The van der Waals surface area contributed by atoms with E-state index in [0.717, 1.165) is 42.8 Å². The first-order valence-corrected chi connectivity index (χ1v) is 19.5. The van der Waals surface area contributed by atoms with E-state index >= 15 is 0 Å². The fourth-order valence-corrected chi connectivity index (χ4v) is 9.92. The van der Waals surface area contributed by atoms with Crippen molar-refractivity contribution in [2.75, 3.05) is 31.7 Å². The molecule has 0 aromatic heterocycles. The molecular formula is C38H51ClN2O6S. The van der Waals surface area contributed by atoms with Crippen LogP contribution in [-0.4, -0.2) is 63.2 Å². The average Bonchev–Trinajstić information content (AvgIpc) is 3.18. The number of anilines is 1. The van der Waals surface area contributed by atoms with E-state index in [1.54, 1.807) is 26.2 Å². The minimum atomic E-state index is -3.97. The lowest BCUT2D eigenvalue weighted by Crippen LogP contribution is -2.54. The van der Waals surface area contributed by atoms with Crippen LogP contribution < -0.4 is 14.4 Å². The van der Waals surface area contributed by atoms with Gasteiger partial charge in [0.2, 0.25) is 10.0 Å². The van der Waals surface area contributed by atoms with E-state index in [1.165, 1.54) is 11.1 Å². The highest BCUT2D eigenvalue weighted by Gasteiger charge is 2.50. The number of benzene rings is 2. The number of fused-ring (bicyclic) bond motifs is 4. The van der Waals surface area contributed by atoms with Crippen LogP contribution in [0, 0.1) is 23.7 Å². The molecule has 2 aliphatic heterocycles. The van der Waals surface area contributed by atoms with Crippen molar-refractivity contribution in [2.24, 2.45) is 23.7 Å². The molecule has 262 valence electrons. The maximum absolute atomic E-state index is 13.5. The second-order valence-electron chi connectivity index (χ2n) is 15.2. The highest BCUT2D eigenvalue weighted by atomic mass is 35.5. The van der Waals surface area contributed by atoms with Crippen LogP contribution in [0.5, 0.6) is 5.75 Å². The summed E-state index contributed by atoms with van der Waals surface area (Å²) in [7, 11) is -2.24. The van der Waals surface area contributed by atoms with Gasteiger partial charge in [0.05, 0.1) is 29.2 Å². The maximum Gasteiger partial charge on any atom is 0.264 e. The highest BCUT2D eigenvalue weighted by molar-refractivity contribution is 7.90. The number of hydrogen-bond donors (Lipinski definition) is 2. The van der Waals surface area contributed by atoms with Gasteiger partial charge in [0, 0.05) is 42.6 Å². The number of amides is 1. The number of carbonyl (C=O) groups is 1. The Kier molecular flexibility index (Phi) is 9.99. The number of aliphatic hydroxyl groups is 1. The Morgan fingerprint density at radius 3 is 2.67 bits per heavy atom. The van der Waals surface area contributed by atoms with Crippen LogP contribution in [-0.2, 0) is 26.6 Å². The van der Waals surface area contributed by atoms with Crippen LogP contribution in [0.4, 0.5) is 5.69 Å². The number of aliphatic hydroxyl groups excluding tert-OH is 1. The van der Waals surface area contributed by atoms with Gasteiger partial charge in [0.15, 0.2) is 0 Å². The van der Waals surface area contributed by atoms with Gasteiger partial charge in [-0.05, 0) is 111 Å². The van der Waals surface area contributed by atoms with Gasteiger partial charge in [-0.25, -0.2) is 13.1 Å². The summed E-state index contributed by atoms with van der Waals surface area (Å²) < 4.78 is 42.3. The number of methoxy groups -OCH3 is 1. The molecule has 48 heavy (non-hydrogen) atoms. The number of sulfonamides is 1. The molecular weight excluding hydrogens is 648 g/mol. The predicted molar refractivity (Wildman–Crippen MR) is 190 cm³/mol. The van der Waals surface area contributed by atoms with E-state index in [2.05, 4.69) is 27.8 Å². The molecule has 8 nitrogen and oxygen atoms in total. The minimum Gasteiger partial charge on any atom is -0.490 e. The van der Waals surface area contributed by atoms with Gasteiger partial charge in [0.1, 0.15) is 5.75 Å². The second-order valence-corrected chi connectivity index (χ2v) is 17.7. The number of carbonyl (C=O) groups excluding carboxylic acids is 1. The zero-order valence-corrected chi connectivity index (χ0v) is 30.4. The molecule has 1 spiro atoms. The average molecular weight is 699 g/mol. The topological polar surface area (TPSA) is 105 Å². The Bertz CT molecular complexity index is 1660. The Morgan fingerprint density at radius 1 is 1.17 bits per heavy atom. The Labute approximate surface area is 291 Å². The molecule has 0 saturated heterocycles. The van der Waals surface area contributed by atoms with Crippen LogP contribution in [0.1, 0.15) is 87.7 Å². The van der Waals surface area contributed by atoms with E-state index in [1.807, 2.05) is 39.0 Å². The van der Waals surface area contributed by atoms with Gasteiger partial charge >= 0.3 is 0 Å². The lowest BCUT2D eigenvalue weighted by Gasteiger charge is -2.51. The van der Waals surface area contributed by atoms with Gasteiger partial charge in [-0.2, -0.15) is 0 Å². The number of halogens is 1. The number of hydrogen-bond acceptors (Lipinski definition) is 7. The molecule has 2 heterocycles. The van der Waals surface area contributed by atoms with E-state index in [0.29, 0.717) is 38.3 Å². The molecule has 6 rings (SSSR count). The van der Waals surface area contributed by atoms with Crippen LogP contribution in [0.2, 0.25) is 5.02 Å². The van der Waals surface area contributed by atoms with E-state index < -0.39 is 32.9 Å². The summed E-state index contributed by atoms with van der Waals surface area (Å²) >= 11 is 6.45. The third-order valence-corrected chi connectivity index (χ3v) is 14.1. The molecule has 2 aliphatic carbocycles. The van der Waals surface area contributed by atoms with Gasteiger partial charge in [-0.1, -0.05) is 50.6 Å². The lowest BCUT2D eigenvalue weighted by atomic mass is 9.62. The van der Waals surface area contributed by atoms with Crippen LogP contribution in [0.15, 0.2) is 48.6 Å². The maximum atomic E-state index is 13.5. The number of ether oxygens (including phenoxy) is 2. The first kappa shape index (κ1) is 35.2. The molecule has 7 atom stereocenters. The summed E-state index contributed by atoms with van der Waals surface area (Å²) in [6.07, 6.45) is 9.41. The first-order chi connectivity index (χ1) is 22.8. The standard InChI is InChI=1S/C38H51ClN2O6S/c1-24(2)34(42)20-38(46-5)17-6-8-25(3)26(4)48(44,45)40-36(43)28-11-15-35-33(19-28)41(21-29-10-13-32(29)38)22-37(23-47-35)16-7-9-27-18-30(39)12-14-31(27)37/h6,11-12,14-15,17-19,24-26,29,32,34,42H,7-10,13,16,20-23H2,1-5H3,(H,40,43)/b17-6-/t25-,26+,29-,32+,34-,37-,38+/m0/s1. The molecule has 0 radical (unpaired) electrons. The summed E-state index contributed by atoms with van der Waals surface area (Å²) in [6.45, 7) is 9.45. The number of rotatable bonds is 4. The number of nitrogens with zero attached hydrogens (tertiary/aromatic N) is 1. The molecule has 1 amide bonds. The number of allylic oxidation sites excluding steroid dienone is 1. The Morgan fingerprint density at radius 2 is 1.96 bits per heavy atom. The third-order valence-electron chi connectivity index (χ3n) is 11.9. The zero-order chi connectivity index (χ0) is 34.4. The zero-order valence-electron chi connectivity index (χ0n) is 28.9. The number of aryl methyl sites for hydroxylation is 1. The molecule has 4 aliphatic rings. The van der Waals surface area contributed by atoms with Crippen molar-refractivity contribution in [1.29, 1.82) is 0 Å². The molecule has 1 fully saturated rings. The molecule has 2 bridgehead atoms. The Balaban J connectivity index is 1.46. The fourth-order valence-electron chi connectivity index (χ4n) is 8.44. The predicted octanol–water partition coefficient (Wildman–Crippen LogP) is 6.68. The van der Waals surface area contributed by atoms with Crippen LogP contribution in [0.3, 0.4) is 0 Å². The molecule has 2 aromatic carbocycles. The van der Waals surface area contributed by atoms with Gasteiger partial charge in [-0.3, -0.25) is 4.79 Å². The monoisotopic (exact) mass is 698 g/mol. The summed E-state index contributed by atoms with van der Waals surface area (Å²) in [5, 5.41) is 11.1. The van der Waals surface area contributed by atoms with E-state index in [9.17, 15) is 18.3 Å². The Hall–Kier alpha value is -2.59. The lowest BCUT2D eigenvalue weighted by molar-refractivity contribution is -0.103. The minimum absolute atomic E-state index is 0.0600. The second kappa shape index (κ2) is 13.6. The summed E-state index contributed by atoms with van der Waals surface area (Å²) in [6, 6.07) is 11.5. The van der Waals surface area contributed by atoms with Gasteiger partial charge in [-0.15, -0.1) is 0 Å². The molecule has 2 aromatic rings. The molecule has 10 heteroatoms. The van der Waals surface area contributed by atoms with Crippen molar-refractivity contribution < 1.29 is 27.8 Å². The van der Waals surface area contributed by atoms with Crippen LogP contribution >= 0.6 is 11.6 Å². The largest absolute Gasteiger partial charge is 0.490 e. The third kappa shape index (κ3) is 6.64. The highest BCUT2D eigenvalue weighted by Crippen LogP contribution is 2.50. The van der Waals surface area contributed by atoms with Crippen LogP contribution in [0.25, 0.3) is 0 Å². The fraction of sp³-hybridized carbons (Fsp3) is 0.605. The summed E-state index contributed by atoms with van der Waals surface area (Å²) in [5.74, 6) is 0.237. The molecule has 2 N–H and O–H groups in total. The van der Waals surface area contributed by atoms with Crippen molar-refractivity contribution in [3.05, 3.63) is 70.3 Å². The SMILES string of the molecule is CO[C@@]1(C[C@H](O)C(C)C)/C=C\C[C@H](C)[C@@H](C)S(=O)(=O)NC(=O)c2ccc3c(c2)N(C[C@@H]2CC[C@H]21)C[C@@]1(CCCc2cc(Cl)ccc21)CO3. The van der Waals surface area contributed by atoms with Crippen molar-refractivity contribution >= 4 is 33.2 Å². The van der Waals surface area contributed by atoms with Crippen molar-refractivity contribution in [3.63, 3.8) is 0 Å². The smallest absolute Gasteiger partial charge is 0.264 e. The summed E-state index contributed by atoms with van der Waals surface area (Å²) in [4.78, 5) is 15.9. The normalized spacial score (nSPS) is 33.0. The van der Waals surface area contributed by atoms with Crippen molar-refractivity contribution in [1.82, 2.24) is 4.72 Å². The first-order valence-electron chi connectivity index (χ1n) is 17.5. The van der Waals surface area contributed by atoms with Gasteiger partial charge in [0.25, 0.3) is 5.91 Å².